The molecular formula is C19H18O3. The van der Waals surface area contributed by atoms with E-state index >= 15 is 0 Å². The molecule has 0 saturated heterocycles. The van der Waals surface area contributed by atoms with Gasteiger partial charge in [0.25, 0.3) is 0 Å². The zero-order chi connectivity index (χ0) is 15.4. The molecule has 22 heavy (non-hydrogen) atoms. The van der Waals surface area contributed by atoms with E-state index in [1.54, 1.807) is 6.08 Å². The molecule has 0 amide bonds. The van der Waals surface area contributed by atoms with E-state index in [1.165, 1.54) is 0 Å². The van der Waals surface area contributed by atoms with E-state index in [2.05, 4.69) is 0 Å². The fraction of sp³-hybridized carbons (Fsp3) is 0.211. The third-order valence-electron chi connectivity index (χ3n) is 3.69. The summed E-state index contributed by atoms with van der Waals surface area (Å²) in [5.41, 5.74) is 2.82. The van der Waals surface area contributed by atoms with Crippen LogP contribution in [0.2, 0.25) is 0 Å². The molecule has 1 aliphatic carbocycles. The molecule has 112 valence electrons. The molecule has 3 heteroatoms. The van der Waals surface area contributed by atoms with Gasteiger partial charge < -0.3 is 9.84 Å². The molecular weight excluding hydrogens is 276 g/mol. The monoisotopic (exact) mass is 294 g/mol. The zero-order valence-corrected chi connectivity index (χ0v) is 12.2. The lowest BCUT2D eigenvalue weighted by Gasteiger charge is -2.08. The number of aliphatic hydroxyl groups excluding tert-OH is 1. The smallest absolute Gasteiger partial charge is 0.161 e. The zero-order valence-electron chi connectivity index (χ0n) is 12.2. The van der Waals surface area contributed by atoms with Gasteiger partial charge >= 0.3 is 0 Å². The Morgan fingerprint density at radius 2 is 1.82 bits per heavy atom. The summed E-state index contributed by atoms with van der Waals surface area (Å²) in [6, 6.07) is 17.7. The molecule has 3 nitrogen and oxygen atoms in total. The van der Waals surface area contributed by atoms with Crippen LogP contribution in [0.1, 0.15) is 17.5 Å². The Hall–Kier alpha value is -2.39. The number of carbonyl (C=O) groups excluding carboxylic acids is 1. The van der Waals surface area contributed by atoms with Crippen LogP contribution in [0.25, 0.3) is 0 Å². The van der Waals surface area contributed by atoms with E-state index in [-0.39, 0.29) is 12.2 Å². The van der Waals surface area contributed by atoms with Gasteiger partial charge in [0.15, 0.2) is 5.78 Å². The summed E-state index contributed by atoms with van der Waals surface area (Å²) in [7, 11) is 0. The summed E-state index contributed by atoms with van der Waals surface area (Å²) in [6.07, 6.45) is 1.78. The first-order valence-corrected chi connectivity index (χ1v) is 7.38. The van der Waals surface area contributed by atoms with Gasteiger partial charge in [0, 0.05) is 12.8 Å². The number of hydrogen-bond donors (Lipinski definition) is 1. The van der Waals surface area contributed by atoms with Crippen molar-refractivity contribution in [2.75, 3.05) is 0 Å². The Bertz CT molecular complexity index is 689. The van der Waals surface area contributed by atoms with E-state index in [0.717, 1.165) is 16.9 Å². The van der Waals surface area contributed by atoms with Crippen molar-refractivity contribution in [2.24, 2.45) is 0 Å². The minimum atomic E-state index is -0.625. The second-order valence-electron chi connectivity index (χ2n) is 5.49. The maximum atomic E-state index is 11.7. The molecule has 1 aliphatic rings. The van der Waals surface area contributed by atoms with Crippen LogP contribution < -0.4 is 4.74 Å². The number of rotatable bonds is 5. The third kappa shape index (κ3) is 3.62. The van der Waals surface area contributed by atoms with E-state index in [1.807, 2.05) is 54.6 Å². The fourth-order valence-electron chi connectivity index (χ4n) is 2.57. The summed E-state index contributed by atoms with van der Waals surface area (Å²) in [5.74, 6) is 0.816. The molecule has 0 heterocycles. The van der Waals surface area contributed by atoms with E-state index in [4.69, 9.17) is 4.74 Å². The predicted octanol–water partition coefficient (Wildman–Crippen LogP) is 3.07. The number of hydrogen-bond acceptors (Lipinski definition) is 3. The highest BCUT2D eigenvalue weighted by atomic mass is 16.5. The Morgan fingerprint density at radius 3 is 2.55 bits per heavy atom. The van der Waals surface area contributed by atoms with Gasteiger partial charge in [0.05, 0.1) is 6.10 Å². The molecule has 0 spiro atoms. The molecule has 0 aliphatic heterocycles. The van der Waals surface area contributed by atoms with Crippen LogP contribution in [0.5, 0.6) is 5.75 Å². The van der Waals surface area contributed by atoms with E-state index in [0.29, 0.717) is 18.6 Å². The first-order chi connectivity index (χ1) is 10.7. The van der Waals surface area contributed by atoms with Gasteiger partial charge in [-0.15, -0.1) is 0 Å². The number of ether oxygens (including phenoxy) is 1. The van der Waals surface area contributed by atoms with Crippen LogP contribution in [-0.2, 0) is 17.8 Å². The van der Waals surface area contributed by atoms with Crippen molar-refractivity contribution in [1.29, 1.82) is 0 Å². The molecule has 0 fully saturated rings. The number of carbonyl (C=O) groups is 1. The number of aliphatic hydroxyl groups is 1. The molecule has 1 atom stereocenters. The average molecular weight is 294 g/mol. The molecule has 2 aromatic rings. The third-order valence-corrected chi connectivity index (χ3v) is 3.69. The second-order valence-corrected chi connectivity index (χ2v) is 5.49. The quantitative estimate of drug-likeness (QED) is 0.922. The van der Waals surface area contributed by atoms with Crippen molar-refractivity contribution in [3.63, 3.8) is 0 Å². The molecule has 0 aromatic heterocycles. The minimum Gasteiger partial charge on any atom is -0.489 e. The largest absolute Gasteiger partial charge is 0.489 e. The first-order valence-electron chi connectivity index (χ1n) is 7.38. The van der Waals surface area contributed by atoms with Crippen molar-refractivity contribution in [1.82, 2.24) is 0 Å². The SMILES string of the molecule is O=C1C[C@@H](O)C=C1Cc1cccc(OCc2ccccc2)c1. The van der Waals surface area contributed by atoms with Crippen LogP contribution in [0.15, 0.2) is 66.2 Å². The second kappa shape index (κ2) is 6.58. The Morgan fingerprint density at radius 1 is 1.05 bits per heavy atom. The molecule has 0 radical (unpaired) electrons. The molecule has 3 rings (SSSR count). The van der Waals surface area contributed by atoms with Crippen LogP contribution in [0.3, 0.4) is 0 Å². The van der Waals surface area contributed by atoms with Crippen molar-refractivity contribution in [3.05, 3.63) is 77.4 Å². The molecule has 1 N–H and O–H groups in total. The fourth-order valence-corrected chi connectivity index (χ4v) is 2.57. The van der Waals surface area contributed by atoms with Gasteiger partial charge in [-0.05, 0) is 34.9 Å². The molecule has 0 bridgehead atoms. The van der Waals surface area contributed by atoms with Gasteiger partial charge in [-0.2, -0.15) is 0 Å². The number of Topliss-reactive ketones (excluding diaryl/α,β-unsaturated/α-hetero) is 1. The average Bonchev–Trinajstić information content (AvgIpc) is 2.84. The van der Waals surface area contributed by atoms with Crippen molar-refractivity contribution in [3.8, 4) is 5.75 Å². The predicted molar refractivity (Wildman–Crippen MR) is 84.6 cm³/mol. The van der Waals surface area contributed by atoms with Gasteiger partial charge in [-0.1, -0.05) is 42.5 Å². The Kier molecular flexibility index (Phi) is 4.35. The van der Waals surface area contributed by atoms with Crippen molar-refractivity contribution >= 4 is 5.78 Å². The van der Waals surface area contributed by atoms with Crippen molar-refractivity contribution in [2.45, 2.75) is 25.6 Å². The summed E-state index contributed by atoms with van der Waals surface area (Å²) in [5, 5.41) is 9.49. The summed E-state index contributed by atoms with van der Waals surface area (Å²) >= 11 is 0. The van der Waals surface area contributed by atoms with Gasteiger partial charge in [0.1, 0.15) is 12.4 Å². The van der Waals surface area contributed by atoms with E-state index < -0.39 is 6.10 Å². The summed E-state index contributed by atoms with van der Waals surface area (Å²) < 4.78 is 5.79. The van der Waals surface area contributed by atoms with Crippen LogP contribution in [-0.4, -0.2) is 17.0 Å². The minimum absolute atomic E-state index is 0.0307. The standard InChI is InChI=1S/C19H18O3/c20-17-11-16(19(21)12-17)9-15-7-4-8-18(10-15)22-13-14-5-2-1-3-6-14/h1-8,10-11,17,20H,9,12-13H2/t17-/m0/s1. The van der Waals surface area contributed by atoms with Gasteiger partial charge in [-0.3, -0.25) is 4.79 Å². The Balaban J connectivity index is 1.65. The molecule has 0 unspecified atom stereocenters. The summed E-state index contributed by atoms with van der Waals surface area (Å²) in [6.45, 7) is 0.518. The highest BCUT2D eigenvalue weighted by Gasteiger charge is 2.22. The highest BCUT2D eigenvalue weighted by molar-refractivity contribution is 5.98. The van der Waals surface area contributed by atoms with Gasteiger partial charge in [0.2, 0.25) is 0 Å². The normalized spacial score (nSPS) is 17.4. The lowest BCUT2D eigenvalue weighted by molar-refractivity contribution is -0.115. The molecule has 0 saturated carbocycles. The molecule has 2 aromatic carbocycles. The lowest BCUT2D eigenvalue weighted by atomic mass is 10.0. The van der Waals surface area contributed by atoms with Crippen LogP contribution >= 0.6 is 0 Å². The lowest BCUT2D eigenvalue weighted by Crippen LogP contribution is -2.02. The maximum absolute atomic E-state index is 11.7. The number of benzene rings is 2. The van der Waals surface area contributed by atoms with Crippen LogP contribution in [0.4, 0.5) is 0 Å². The number of ketones is 1. The van der Waals surface area contributed by atoms with Gasteiger partial charge in [-0.25, -0.2) is 0 Å². The summed E-state index contributed by atoms with van der Waals surface area (Å²) in [4.78, 5) is 11.7. The highest BCUT2D eigenvalue weighted by Crippen LogP contribution is 2.22. The number of allylic oxidation sites excluding steroid dienone is 1. The Labute approximate surface area is 129 Å². The topological polar surface area (TPSA) is 46.5 Å². The first kappa shape index (κ1) is 14.5. The van der Waals surface area contributed by atoms with Crippen LogP contribution in [0, 0.1) is 0 Å². The van der Waals surface area contributed by atoms with E-state index in [9.17, 15) is 9.90 Å². The maximum Gasteiger partial charge on any atom is 0.161 e. The van der Waals surface area contributed by atoms with Crippen molar-refractivity contribution < 1.29 is 14.6 Å².